The van der Waals surface area contributed by atoms with Crippen molar-refractivity contribution in [3.05, 3.63) is 36.4 Å². The molecule has 0 saturated heterocycles. The Morgan fingerprint density at radius 3 is 3.00 bits per heavy atom. The van der Waals surface area contributed by atoms with Gasteiger partial charge in [-0.05, 0) is 12.1 Å². The van der Waals surface area contributed by atoms with Crippen molar-refractivity contribution in [1.82, 2.24) is 5.48 Å². The van der Waals surface area contributed by atoms with Crippen molar-refractivity contribution in [2.75, 3.05) is 0 Å². The minimum Gasteiger partial charge on any atom is -0.407 e. The third kappa shape index (κ3) is 0.991. The molecule has 0 amide bonds. The van der Waals surface area contributed by atoms with E-state index in [1.807, 2.05) is 0 Å². The molecule has 2 rings (SSSR count). The predicted octanol–water partition coefficient (Wildman–Crippen LogP) is 0.805. The van der Waals surface area contributed by atoms with E-state index in [2.05, 4.69) is 12.0 Å². The number of hydroxylamine groups is 1. The van der Waals surface area contributed by atoms with Crippen LogP contribution in [0, 0.1) is 6.54 Å². The summed E-state index contributed by atoms with van der Waals surface area (Å²) < 4.78 is 0. The first kappa shape index (κ1) is 6.37. The molecule has 3 nitrogen and oxygen atoms in total. The summed E-state index contributed by atoms with van der Waals surface area (Å²) in [7, 11) is 0. The third-order valence-corrected chi connectivity index (χ3v) is 1.46. The van der Waals surface area contributed by atoms with Crippen molar-refractivity contribution < 1.29 is 9.63 Å². The Labute approximate surface area is 63.9 Å². The van der Waals surface area contributed by atoms with Crippen molar-refractivity contribution in [3.8, 4) is 5.75 Å². The van der Waals surface area contributed by atoms with E-state index in [1.54, 1.807) is 24.3 Å². The van der Waals surface area contributed by atoms with Crippen molar-refractivity contribution in [1.29, 1.82) is 0 Å². The molecule has 2 radical (unpaired) electrons. The first-order valence-corrected chi connectivity index (χ1v) is 3.19. The normalized spacial score (nSPS) is 15.5. The number of ketones is 1. The van der Waals surface area contributed by atoms with Gasteiger partial charge in [-0.25, -0.2) is 0 Å². The molecule has 1 heterocycles. The van der Waals surface area contributed by atoms with Crippen LogP contribution in [0.4, 0.5) is 0 Å². The number of carbonyl (C=O) groups is 1. The molecule has 0 saturated carbocycles. The van der Waals surface area contributed by atoms with Crippen LogP contribution in [0.2, 0.25) is 0 Å². The highest BCUT2D eigenvalue weighted by molar-refractivity contribution is 6.04. The van der Waals surface area contributed by atoms with Crippen LogP contribution in [0.15, 0.2) is 24.3 Å². The van der Waals surface area contributed by atoms with Gasteiger partial charge < -0.3 is 4.84 Å². The second-order valence-electron chi connectivity index (χ2n) is 2.15. The molecule has 0 unspecified atom stereocenters. The summed E-state index contributed by atoms with van der Waals surface area (Å²) in [5.74, 6) is 0.378. The Kier molecular flexibility index (Phi) is 1.36. The molecular formula is C8H5NO2. The molecule has 1 aromatic rings. The van der Waals surface area contributed by atoms with Crippen LogP contribution in [0.1, 0.15) is 10.4 Å². The highest BCUT2D eigenvalue weighted by atomic mass is 16.6. The van der Waals surface area contributed by atoms with Gasteiger partial charge in [0.15, 0.2) is 18.1 Å². The predicted molar refractivity (Wildman–Crippen MR) is 37.8 cm³/mol. The molecular weight excluding hydrogens is 142 g/mol. The molecule has 0 spiro atoms. The third-order valence-electron chi connectivity index (χ3n) is 1.46. The van der Waals surface area contributed by atoms with Crippen LogP contribution in [0.3, 0.4) is 0 Å². The second-order valence-corrected chi connectivity index (χ2v) is 2.15. The summed E-state index contributed by atoms with van der Waals surface area (Å²) in [4.78, 5) is 15.9. The molecule has 0 aromatic heterocycles. The van der Waals surface area contributed by atoms with Crippen LogP contribution in [0.5, 0.6) is 5.75 Å². The van der Waals surface area contributed by atoms with E-state index in [1.165, 1.54) is 0 Å². The lowest BCUT2D eigenvalue weighted by molar-refractivity contribution is 0.0939. The van der Waals surface area contributed by atoms with Crippen LogP contribution in [-0.4, -0.2) is 5.78 Å². The van der Waals surface area contributed by atoms with Gasteiger partial charge in [0.2, 0.25) is 0 Å². The Bertz CT molecular complexity index is 296. The molecule has 0 atom stereocenters. The maximum atomic E-state index is 11.0. The number of carbonyl (C=O) groups excluding carboxylic acids is 1. The lowest BCUT2D eigenvalue weighted by Crippen LogP contribution is -2.26. The Hall–Kier alpha value is -1.35. The van der Waals surface area contributed by atoms with Crippen molar-refractivity contribution in [2.24, 2.45) is 0 Å². The minimum absolute atomic E-state index is 0.174. The van der Waals surface area contributed by atoms with E-state index in [0.717, 1.165) is 0 Å². The van der Waals surface area contributed by atoms with E-state index >= 15 is 0 Å². The number of benzene rings is 1. The van der Waals surface area contributed by atoms with E-state index in [9.17, 15) is 4.79 Å². The average molecular weight is 147 g/mol. The molecule has 1 N–H and O–H groups in total. The van der Waals surface area contributed by atoms with Gasteiger partial charge in [-0.1, -0.05) is 12.1 Å². The molecule has 0 aliphatic carbocycles. The molecule has 1 aliphatic heterocycles. The molecule has 1 aromatic carbocycles. The molecule has 0 fully saturated rings. The second kappa shape index (κ2) is 2.36. The molecule has 54 valence electrons. The summed E-state index contributed by atoms with van der Waals surface area (Å²) in [6.07, 6.45) is 0. The SMILES string of the molecule is O=C1[C]NOc2ccccc21. The van der Waals surface area contributed by atoms with E-state index in [4.69, 9.17) is 4.84 Å². The number of hydrogen-bond acceptors (Lipinski definition) is 3. The number of Topliss-reactive ketones (excluding diaryl/α,β-unsaturated/α-hetero) is 1. The number of para-hydroxylation sites is 1. The number of fused-ring (bicyclic) bond motifs is 1. The van der Waals surface area contributed by atoms with Crippen molar-refractivity contribution in [2.45, 2.75) is 0 Å². The highest BCUT2D eigenvalue weighted by Gasteiger charge is 2.17. The topological polar surface area (TPSA) is 38.3 Å². The standard InChI is InChI=1S/C8H5NO2/c10-7-5-9-11-8-4-2-1-3-6(7)8/h1-4,9H. The molecule has 0 bridgehead atoms. The Balaban J connectivity index is 2.52. The zero-order chi connectivity index (χ0) is 7.68. The maximum Gasteiger partial charge on any atom is 0.195 e. The highest BCUT2D eigenvalue weighted by Crippen LogP contribution is 2.20. The zero-order valence-electron chi connectivity index (χ0n) is 5.63. The Morgan fingerprint density at radius 1 is 1.36 bits per heavy atom. The molecule has 1 aliphatic rings. The van der Waals surface area contributed by atoms with E-state index < -0.39 is 0 Å². The minimum atomic E-state index is -0.174. The number of nitrogens with one attached hydrogen (secondary N) is 1. The zero-order valence-corrected chi connectivity index (χ0v) is 5.63. The fourth-order valence-corrected chi connectivity index (χ4v) is 0.937. The van der Waals surface area contributed by atoms with Gasteiger partial charge in [-0.2, -0.15) is 0 Å². The smallest absolute Gasteiger partial charge is 0.195 e. The molecule has 3 heteroatoms. The van der Waals surface area contributed by atoms with Gasteiger partial charge in [0, 0.05) is 0 Å². The fourth-order valence-electron chi connectivity index (χ4n) is 0.937. The van der Waals surface area contributed by atoms with Gasteiger partial charge in [0.05, 0.1) is 5.56 Å². The average Bonchev–Trinajstić information content (AvgIpc) is 2.06. The Morgan fingerprint density at radius 2 is 2.18 bits per heavy atom. The quantitative estimate of drug-likeness (QED) is 0.590. The van der Waals surface area contributed by atoms with Gasteiger partial charge >= 0.3 is 0 Å². The number of hydrogen-bond donors (Lipinski definition) is 1. The summed E-state index contributed by atoms with van der Waals surface area (Å²) in [6.45, 7) is 2.33. The summed E-state index contributed by atoms with van der Waals surface area (Å²) >= 11 is 0. The van der Waals surface area contributed by atoms with E-state index in [0.29, 0.717) is 11.3 Å². The van der Waals surface area contributed by atoms with Gasteiger partial charge in [0.1, 0.15) is 0 Å². The van der Waals surface area contributed by atoms with Gasteiger partial charge in [-0.15, -0.1) is 5.48 Å². The number of rotatable bonds is 0. The van der Waals surface area contributed by atoms with Crippen LogP contribution >= 0.6 is 0 Å². The largest absolute Gasteiger partial charge is 0.407 e. The van der Waals surface area contributed by atoms with Gasteiger partial charge in [0.25, 0.3) is 0 Å². The summed E-state index contributed by atoms with van der Waals surface area (Å²) in [5.41, 5.74) is 2.84. The first-order chi connectivity index (χ1) is 5.38. The van der Waals surface area contributed by atoms with Crippen molar-refractivity contribution >= 4 is 5.78 Å². The lowest BCUT2D eigenvalue weighted by Gasteiger charge is -2.13. The first-order valence-electron chi connectivity index (χ1n) is 3.19. The monoisotopic (exact) mass is 147 g/mol. The van der Waals surface area contributed by atoms with Crippen LogP contribution in [0.25, 0.3) is 0 Å². The fraction of sp³-hybridized carbons (Fsp3) is 0. The summed E-state index contributed by atoms with van der Waals surface area (Å²) in [5, 5.41) is 0. The van der Waals surface area contributed by atoms with Crippen LogP contribution in [-0.2, 0) is 0 Å². The summed E-state index contributed by atoms with van der Waals surface area (Å²) in [6, 6.07) is 7.01. The molecule has 11 heavy (non-hydrogen) atoms. The van der Waals surface area contributed by atoms with E-state index in [-0.39, 0.29) is 5.78 Å². The lowest BCUT2D eigenvalue weighted by atomic mass is 10.1. The maximum absolute atomic E-state index is 11.0. The van der Waals surface area contributed by atoms with Crippen LogP contribution < -0.4 is 10.3 Å². The van der Waals surface area contributed by atoms with Gasteiger partial charge in [-0.3, -0.25) is 4.79 Å². The van der Waals surface area contributed by atoms with Crippen molar-refractivity contribution in [3.63, 3.8) is 0 Å².